The number of nitrogens with one attached hydrogen (secondary N) is 2. The molecule has 2 aromatic carbocycles. The summed E-state index contributed by atoms with van der Waals surface area (Å²) in [4.78, 5) is 14.8. The quantitative estimate of drug-likeness (QED) is 0.784. The van der Waals surface area contributed by atoms with Crippen LogP contribution in [0.15, 0.2) is 53.0 Å². The summed E-state index contributed by atoms with van der Waals surface area (Å²) in [5.74, 6) is -0.354. The minimum atomic E-state index is -0.546. The number of carbonyl (C=O) groups is 1. The number of amides is 2. The molecule has 1 unspecified atom stereocenters. The lowest BCUT2D eigenvalue weighted by Gasteiger charge is -2.30. The monoisotopic (exact) mass is 419 g/mol. The Morgan fingerprint density at radius 2 is 1.88 bits per heavy atom. The summed E-state index contributed by atoms with van der Waals surface area (Å²) in [7, 11) is 2.08. The molecule has 1 aliphatic rings. The average Bonchev–Trinajstić information content (AvgIpc) is 2.63. The van der Waals surface area contributed by atoms with Gasteiger partial charge < -0.3 is 15.5 Å². The van der Waals surface area contributed by atoms with Crippen molar-refractivity contribution in [1.29, 1.82) is 0 Å². The number of hydrogen-bond acceptors (Lipinski definition) is 2. The third-order valence-corrected chi connectivity index (χ3v) is 5.23. The van der Waals surface area contributed by atoms with Crippen LogP contribution >= 0.6 is 15.9 Å². The van der Waals surface area contributed by atoms with Crippen LogP contribution in [0.25, 0.3) is 0 Å². The smallest absolute Gasteiger partial charge is 0.315 e. The molecule has 4 nitrogen and oxygen atoms in total. The van der Waals surface area contributed by atoms with Gasteiger partial charge in [0.2, 0.25) is 0 Å². The van der Waals surface area contributed by atoms with E-state index in [-0.39, 0.29) is 17.9 Å². The van der Waals surface area contributed by atoms with Gasteiger partial charge in [-0.3, -0.25) is 0 Å². The predicted octanol–water partition coefficient (Wildman–Crippen LogP) is 4.07. The van der Waals surface area contributed by atoms with E-state index >= 15 is 0 Å². The molecule has 0 radical (unpaired) electrons. The molecule has 6 heteroatoms. The Balaban J connectivity index is 1.77. The van der Waals surface area contributed by atoms with Gasteiger partial charge in [-0.05, 0) is 50.7 Å². The Labute approximate surface area is 161 Å². The number of rotatable bonds is 4. The van der Waals surface area contributed by atoms with E-state index in [9.17, 15) is 9.18 Å². The van der Waals surface area contributed by atoms with Crippen LogP contribution in [0.1, 0.15) is 30.0 Å². The topological polar surface area (TPSA) is 44.4 Å². The van der Waals surface area contributed by atoms with Crippen LogP contribution in [0.4, 0.5) is 9.18 Å². The normalized spacial score (nSPS) is 16.9. The molecule has 0 spiro atoms. The van der Waals surface area contributed by atoms with E-state index < -0.39 is 6.04 Å². The van der Waals surface area contributed by atoms with Gasteiger partial charge in [0.05, 0.1) is 6.04 Å². The minimum absolute atomic E-state index is 0.150. The maximum absolute atomic E-state index is 14.5. The lowest BCUT2D eigenvalue weighted by molar-refractivity contribution is 0.212. The standard InChI is InChI=1S/C20H23BrFN3O/c1-25-11-9-16(10-12-25)23-20(26)24-19(14-5-3-2-4-6-14)17-8-7-15(21)13-18(17)22/h2-8,13,16,19H,9-12H2,1H3,(H2,23,24,26). The van der Waals surface area contributed by atoms with Gasteiger partial charge in [-0.15, -0.1) is 0 Å². The number of hydrogen-bond donors (Lipinski definition) is 2. The summed E-state index contributed by atoms with van der Waals surface area (Å²) in [6.45, 7) is 1.93. The van der Waals surface area contributed by atoms with Gasteiger partial charge in [0.1, 0.15) is 5.82 Å². The van der Waals surface area contributed by atoms with Crippen LogP contribution in [0.5, 0.6) is 0 Å². The summed E-state index contributed by atoms with van der Waals surface area (Å²) < 4.78 is 15.2. The first kappa shape index (κ1) is 18.9. The number of carbonyl (C=O) groups excluding carboxylic acids is 1. The van der Waals surface area contributed by atoms with Gasteiger partial charge in [0.25, 0.3) is 0 Å². The Bertz CT molecular complexity index is 748. The average molecular weight is 420 g/mol. The van der Waals surface area contributed by atoms with Crippen molar-refractivity contribution < 1.29 is 9.18 Å². The molecule has 0 saturated carbocycles. The third-order valence-electron chi connectivity index (χ3n) is 4.74. The molecule has 1 aliphatic heterocycles. The summed E-state index contributed by atoms with van der Waals surface area (Å²) in [6, 6.07) is 13.7. The first-order valence-electron chi connectivity index (χ1n) is 8.78. The second-order valence-corrected chi connectivity index (χ2v) is 7.62. The highest BCUT2D eigenvalue weighted by molar-refractivity contribution is 9.10. The molecule has 1 atom stereocenters. The number of likely N-dealkylation sites (tertiary alicyclic amines) is 1. The van der Waals surface area contributed by atoms with Crippen molar-refractivity contribution in [1.82, 2.24) is 15.5 Å². The maximum Gasteiger partial charge on any atom is 0.315 e. The lowest BCUT2D eigenvalue weighted by atomic mass is 9.98. The molecule has 26 heavy (non-hydrogen) atoms. The van der Waals surface area contributed by atoms with Crippen molar-refractivity contribution >= 4 is 22.0 Å². The molecule has 1 heterocycles. The van der Waals surface area contributed by atoms with Crippen LogP contribution in [0.2, 0.25) is 0 Å². The fourth-order valence-corrected chi connectivity index (χ4v) is 3.57. The maximum atomic E-state index is 14.5. The van der Waals surface area contributed by atoms with E-state index in [0.717, 1.165) is 31.5 Å². The van der Waals surface area contributed by atoms with E-state index in [0.29, 0.717) is 10.0 Å². The first-order valence-corrected chi connectivity index (χ1v) is 9.57. The largest absolute Gasteiger partial charge is 0.335 e. The lowest BCUT2D eigenvalue weighted by Crippen LogP contribution is -2.48. The zero-order chi connectivity index (χ0) is 18.5. The van der Waals surface area contributed by atoms with Crippen molar-refractivity contribution in [3.63, 3.8) is 0 Å². The van der Waals surface area contributed by atoms with Gasteiger partial charge in [-0.1, -0.05) is 52.3 Å². The highest BCUT2D eigenvalue weighted by atomic mass is 79.9. The summed E-state index contributed by atoms with van der Waals surface area (Å²) in [5.41, 5.74) is 1.28. The summed E-state index contributed by atoms with van der Waals surface area (Å²) in [6.07, 6.45) is 1.85. The molecule has 0 bridgehead atoms. The van der Waals surface area contributed by atoms with Crippen LogP contribution in [-0.4, -0.2) is 37.1 Å². The second-order valence-electron chi connectivity index (χ2n) is 6.70. The molecule has 2 N–H and O–H groups in total. The first-order chi connectivity index (χ1) is 12.5. The molecule has 2 amide bonds. The van der Waals surface area contributed by atoms with Crippen molar-refractivity contribution in [2.24, 2.45) is 0 Å². The zero-order valence-corrected chi connectivity index (χ0v) is 16.3. The number of urea groups is 1. The Kier molecular flexibility index (Phi) is 6.27. The predicted molar refractivity (Wildman–Crippen MR) is 105 cm³/mol. The van der Waals surface area contributed by atoms with Gasteiger partial charge >= 0.3 is 6.03 Å². The SMILES string of the molecule is CN1CCC(NC(=O)NC(c2ccccc2)c2ccc(Br)cc2F)CC1. The van der Waals surface area contributed by atoms with Crippen molar-refractivity contribution in [2.75, 3.05) is 20.1 Å². The highest BCUT2D eigenvalue weighted by Gasteiger charge is 2.23. The zero-order valence-electron chi connectivity index (χ0n) is 14.7. The van der Waals surface area contributed by atoms with Crippen LogP contribution < -0.4 is 10.6 Å². The summed E-state index contributed by atoms with van der Waals surface area (Å²) >= 11 is 3.28. The van der Waals surface area contributed by atoms with Gasteiger partial charge in [-0.25, -0.2) is 9.18 Å². The fraction of sp³-hybridized carbons (Fsp3) is 0.350. The molecular weight excluding hydrogens is 397 g/mol. The van der Waals surface area contributed by atoms with Crippen LogP contribution in [0.3, 0.4) is 0 Å². The van der Waals surface area contributed by atoms with E-state index in [1.165, 1.54) is 6.07 Å². The molecular formula is C20H23BrFN3O. The molecule has 2 aromatic rings. The van der Waals surface area contributed by atoms with Crippen molar-refractivity contribution in [3.05, 3.63) is 69.9 Å². The summed E-state index contributed by atoms with van der Waals surface area (Å²) in [5, 5.41) is 5.98. The Morgan fingerprint density at radius 1 is 1.19 bits per heavy atom. The van der Waals surface area contributed by atoms with Gasteiger partial charge in [0, 0.05) is 16.1 Å². The third kappa shape index (κ3) is 4.83. The fourth-order valence-electron chi connectivity index (χ4n) is 3.23. The highest BCUT2D eigenvalue weighted by Crippen LogP contribution is 2.26. The number of piperidine rings is 1. The molecule has 0 aromatic heterocycles. The molecule has 1 saturated heterocycles. The van der Waals surface area contributed by atoms with Crippen LogP contribution in [-0.2, 0) is 0 Å². The number of nitrogens with zero attached hydrogens (tertiary/aromatic N) is 1. The molecule has 3 rings (SSSR count). The van der Waals surface area contributed by atoms with Crippen LogP contribution in [0, 0.1) is 5.82 Å². The minimum Gasteiger partial charge on any atom is -0.335 e. The Morgan fingerprint density at radius 3 is 2.54 bits per heavy atom. The molecule has 1 fully saturated rings. The van der Waals surface area contributed by atoms with E-state index in [1.807, 2.05) is 30.3 Å². The molecule has 0 aliphatic carbocycles. The van der Waals surface area contributed by atoms with Crippen molar-refractivity contribution in [2.45, 2.75) is 24.9 Å². The Hall–Kier alpha value is -1.92. The van der Waals surface area contributed by atoms with Gasteiger partial charge in [-0.2, -0.15) is 0 Å². The number of benzene rings is 2. The van der Waals surface area contributed by atoms with E-state index in [1.54, 1.807) is 12.1 Å². The van der Waals surface area contributed by atoms with Gasteiger partial charge in [0.15, 0.2) is 0 Å². The van der Waals surface area contributed by atoms with Crippen molar-refractivity contribution in [3.8, 4) is 0 Å². The second kappa shape index (κ2) is 8.64. The van der Waals surface area contributed by atoms with E-state index in [4.69, 9.17) is 0 Å². The van der Waals surface area contributed by atoms with E-state index in [2.05, 4.69) is 38.5 Å². The number of halogens is 2. The molecule has 138 valence electrons.